The molecule has 2 rings (SSSR count). The quantitative estimate of drug-likeness (QED) is 0.567. The van der Waals surface area contributed by atoms with Crippen LogP contribution in [0.4, 0.5) is 19.0 Å². The number of halogens is 4. The van der Waals surface area contributed by atoms with E-state index >= 15 is 0 Å². The van der Waals surface area contributed by atoms with E-state index in [-0.39, 0.29) is 17.5 Å². The highest BCUT2D eigenvalue weighted by Crippen LogP contribution is 2.31. The van der Waals surface area contributed by atoms with Crippen molar-refractivity contribution in [3.63, 3.8) is 0 Å². The Labute approximate surface area is 139 Å². The maximum atomic E-state index is 12.6. The van der Waals surface area contributed by atoms with E-state index in [9.17, 15) is 13.2 Å². The van der Waals surface area contributed by atoms with Crippen molar-refractivity contribution < 1.29 is 17.9 Å². The minimum atomic E-state index is -4.37. The van der Waals surface area contributed by atoms with Gasteiger partial charge >= 0.3 is 6.18 Å². The van der Waals surface area contributed by atoms with Gasteiger partial charge in [-0.3, -0.25) is 0 Å². The largest absolute Gasteiger partial charge is 0.417 e. The molecule has 1 saturated heterocycles. The van der Waals surface area contributed by atoms with Crippen molar-refractivity contribution >= 4 is 17.4 Å². The van der Waals surface area contributed by atoms with E-state index in [1.807, 2.05) is 11.8 Å². The molecule has 1 aliphatic rings. The number of anilines is 1. The van der Waals surface area contributed by atoms with Gasteiger partial charge in [0.05, 0.1) is 29.7 Å². The molecule has 0 amide bonds. The van der Waals surface area contributed by atoms with Gasteiger partial charge in [0.1, 0.15) is 5.82 Å². The predicted octanol–water partition coefficient (Wildman–Crippen LogP) is 4.27. The number of hydrogen-bond acceptors (Lipinski definition) is 3. The summed E-state index contributed by atoms with van der Waals surface area (Å²) in [4.78, 5) is 5.95. The normalized spacial score (nSPS) is 21.3. The highest BCUT2D eigenvalue weighted by molar-refractivity contribution is 6.22. The lowest BCUT2D eigenvalue weighted by Gasteiger charge is -2.27. The van der Waals surface area contributed by atoms with Gasteiger partial charge in [-0.25, -0.2) is 4.98 Å². The van der Waals surface area contributed by atoms with Crippen LogP contribution in [0.5, 0.6) is 0 Å². The number of hydrogen-bond donors (Lipinski definition) is 0. The van der Waals surface area contributed by atoms with Crippen LogP contribution in [0.15, 0.2) is 31.0 Å². The van der Waals surface area contributed by atoms with Crippen LogP contribution in [0.3, 0.4) is 0 Å². The van der Waals surface area contributed by atoms with Crippen molar-refractivity contribution in [2.45, 2.75) is 43.5 Å². The second-order valence-corrected chi connectivity index (χ2v) is 6.11. The molecule has 128 valence electrons. The van der Waals surface area contributed by atoms with Crippen molar-refractivity contribution in [1.29, 1.82) is 0 Å². The highest BCUT2D eigenvalue weighted by Gasteiger charge is 2.32. The molecule has 3 unspecified atom stereocenters. The first kappa shape index (κ1) is 18.1. The van der Waals surface area contributed by atoms with Gasteiger partial charge in [-0.1, -0.05) is 6.08 Å². The van der Waals surface area contributed by atoms with Crippen molar-refractivity contribution in [1.82, 2.24) is 4.98 Å². The molecular weight excluding hydrogens is 329 g/mol. The fourth-order valence-electron chi connectivity index (χ4n) is 2.58. The molecule has 1 aliphatic heterocycles. The lowest BCUT2D eigenvalue weighted by Crippen LogP contribution is -2.36. The van der Waals surface area contributed by atoms with E-state index in [4.69, 9.17) is 16.3 Å². The summed E-state index contributed by atoms with van der Waals surface area (Å²) in [7, 11) is 0. The summed E-state index contributed by atoms with van der Waals surface area (Å²) in [5, 5.41) is -0.269. The first-order chi connectivity index (χ1) is 10.8. The third-order valence-electron chi connectivity index (χ3n) is 3.97. The highest BCUT2D eigenvalue weighted by atomic mass is 35.5. The Morgan fingerprint density at radius 2 is 2.26 bits per heavy atom. The van der Waals surface area contributed by atoms with Crippen LogP contribution in [0, 0.1) is 0 Å². The lowest BCUT2D eigenvalue weighted by atomic mass is 10.2. The second-order valence-electron chi connectivity index (χ2n) is 5.61. The van der Waals surface area contributed by atoms with Crippen molar-refractivity contribution in [2.24, 2.45) is 0 Å². The van der Waals surface area contributed by atoms with E-state index in [1.54, 1.807) is 6.08 Å². The number of aromatic nitrogens is 1. The monoisotopic (exact) mass is 348 g/mol. The zero-order valence-electron chi connectivity index (χ0n) is 12.9. The molecule has 3 nitrogen and oxygen atoms in total. The number of pyridine rings is 1. The molecular formula is C16H20ClF3N2O. The Morgan fingerprint density at radius 1 is 1.52 bits per heavy atom. The van der Waals surface area contributed by atoms with Gasteiger partial charge in [-0.05, 0) is 31.9 Å². The molecule has 23 heavy (non-hydrogen) atoms. The number of rotatable bonds is 6. The standard InChI is InChI=1S/C16H20ClF3N2O/c1-3-14(17)11(2)23-10-13-5-4-8-22(13)15-7-6-12(9-21-15)16(18,19)20/h3,6-7,9,11,13-14H,1,4-5,8,10H2,2H3. The van der Waals surface area contributed by atoms with Gasteiger partial charge in [-0.15, -0.1) is 18.2 Å². The number of alkyl halides is 4. The van der Waals surface area contributed by atoms with Crippen LogP contribution in [0.25, 0.3) is 0 Å². The van der Waals surface area contributed by atoms with Crippen LogP contribution >= 0.6 is 11.6 Å². The summed E-state index contributed by atoms with van der Waals surface area (Å²) in [6, 6.07) is 2.57. The predicted molar refractivity (Wildman–Crippen MR) is 84.9 cm³/mol. The molecule has 1 aromatic heterocycles. The van der Waals surface area contributed by atoms with Gasteiger partial charge < -0.3 is 9.64 Å². The average Bonchev–Trinajstić information content (AvgIpc) is 2.99. The third kappa shape index (κ3) is 4.61. The minimum Gasteiger partial charge on any atom is -0.375 e. The summed E-state index contributed by atoms with van der Waals surface area (Å²) in [6.07, 6.45) is -0.171. The Balaban J connectivity index is 2.00. The van der Waals surface area contributed by atoms with E-state index in [0.29, 0.717) is 12.4 Å². The van der Waals surface area contributed by atoms with Gasteiger partial charge in [0.25, 0.3) is 0 Å². The molecule has 2 heterocycles. The summed E-state index contributed by atoms with van der Waals surface area (Å²) in [5.74, 6) is 0.544. The van der Waals surface area contributed by atoms with Crippen LogP contribution in [0.1, 0.15) is 25.3 Å². The van der Waals surface area contributed by atoms with Gasteiger partial charge in [0, 0.05) is 12.7 Å². The van der Waals surface area contributed by atoms with E-state index in [2.05, 4.69) is 11.6 Å². The van der Waals surface area contributed by atoms with Crippen LogP contribution in [-0.2, 0) is 10.9 Å². The second kappa shape index (κ2) is 7.53. The molecule has 0 N–H and O–H groups in total. The zero-order chi connectivity index (χ0) is 17.0. The molecule has 0 aromatic carbocycles. The van der Waals surface area contributed by atoms with Crippen LogP contribution in [0.2, 0.25) is 0 Å². The summed E-state index contributed by atoms with van der Waals surface area (Å²) < 4.78 is 43.6. The van der Waals surface area contributed by atoms with E-state index < -0.39 is 11.7 Å². The van der Waals surface area contributed by atoms with Gasteiger partial charge in [-0.2, -0.15) is 13.2 Å². The summed E-state index contributed by atoms with van der Waals surface area (Å²) >= 11 is 6.04. The van der Waals surface area contributed by atoms with Crippen LogP contribution in [-0.4, -0.2) is 35.7 Å². The summed E-state index contributed by atoms with van der Waals surface area (Å²) in [6.45, 7) is 6.71. The maximum Gasteiger partial charge on any atom is 0.417 e. The Bertz CT molecular complexity index is 521. The molecule has 0 aliphatic carbocycles. The molecule has 0 saturated carbocycles. The fourth-order valence-corrected chi connectivity index (χ4v) is 2.65. The maximum absolute atomic E-state index is 12.6. The topological polar surface area (TPSA) is 25.4 Å². The SMILES string of the molecule is C=CC(Cl)C(C)OCC1CCCN1c1ccc(C(F)(F)F)cn1. The minimum absolute atomic E-state index is 0.0929. The Morgan fingerprint density at radius 3 is 2.83 bits per heavy atom. The molecule has 3 atom stereocenters. The van der Waals surface area contributed by atoms with Crippen LogP contribution < -0.4 is 4.90 Å². The number of ether oxygens (including phenoxy) is 1. The smallest absolute Gasteiger partial charge is 0.375 e. The van der Waals surface area contributed by atoms with Gasteiger partial charge in [0.15, 0.2) is 0 Å². The fraction of sp³-hybridized carbons (Fsp3) is 0.562. The zero-order valence-corrected chi connectivity index (χ0v) is 13.6. The Kier molecular flexibility index (Phi) is 5.92. The molecule has 0 spiro atoms. The molecule has 0 radical (unpaired) electrons. The summed E-state index contributed by atoms with van der Waals surface area (Å²) in [5.41, 5.74) is -0.738. The lowest BCUT2D eigenvalue weighted by molar-refractivity contribution is -0.137. The van der Waals surface area contributed by atoms with E-state index in [0.717, 1.165) is 31.6 Å². The molecule has 1 aromatic rings. The van der Waals surface area contributed by atoms with Crippen molar-refractivity contribution in [3.05, 3.63) is 36.5 Å². The first-order valence-corrected chi connectivity index (χ1v) is 7.94. The first-order valence-electron chi connectivity index (χ1n) is 7.51. The number of nitrogens with zero attached hydrogens (tertiary/aromatic N) is 2. The average molecular weight is 349 g/mol. The van der Waals surface area contributed by atoms with E-state index in [1.165, 1.54) is 6.07 Å². The molecule has 1 fully saturated rings. The van der Waals surface area contributed by atoms with Crippen molar-refractivity contribution in [3.8, 4) is 0 Å². The molecule has 0 bridgehead atoms. The Hall–Kier alpha value is -1.27. The third-order valence-corrected chi connectivity index (χ3v) is 4.50. The van der Waals surface area contributed by atoms with Gasteiger partial charge in [0.2, 0.25) is 0 Å². The molecule has 7 heteroatoms. The van der Waals surface area contributed by atoms with Crippen molar-refractivity contribution in [2.75, 3.05) is 18.1 Å².